The Morgan fingerprint density at radius 1 is 1.27 bits per heavy atom. The van der Waals surface area contributed by atoms with E-state index in [1.165, 1.54) is 14.0 Å². The molecule has 0 rings (SSSR count). The predicted octanol–water partition coefficient (Wildman–Crippen LogP) is 0.807. The second-order valence-corrected chi connectivity index (χ2v) is 2.77. The fraction of sp³-hybridized carbons (Fsp3) is 0.400. The Hall–Kier alpha value is -1.62. The summed E-state index contributed by atoms with van der Waals surface area (Å²) < 4.78 is 14.4. The number of hydrogen-bond donors (Lipinski definition) is 0. The molecule has 0 aromatic rings. The first-order valence-electron chi connectivity index (χ1n) is 4.17. The van der Waals surface area contributed by atoms with Crippen molar-refractivity contribution in [3.8, 4) is 0 Å². The first-order chi connectivity index (χ1) is 6.97. The van der Waals surface area contributed by atoms with E-state index in [0.717, 1.165) is 12.2 Å². The molecule has 0 aliphatic carbocycles. The van der Waals surface area contributed by atoms with E-state index in [1.807, 2.05) is 0 Å². The quantitative estimate of drug-likeness (QED) is 0.372. The second-order valence-electron chi connectivity index (χ2n) is 2.77. The summed E-state index contributed by atoms with van der Waals surface area (Å²) in [7, 11) is 1.33. The third-order valence-corrected chi connectivity index (χ3v) is 1.56. The predicted molar refractivity (Wildman–Crippen MR) is 52.9 cm³/mol. The number of carbonyl (C=O) groups excluding carboxylic acids is 2. The Labute approximate surface area is 88.3 Å². The Morgan fingerprint density at radius 3 is 2.20 bits per heavy atom. The summed E-state index contributed by atoms with van der Waals surface area (Å²) in [5.74, 6) is -2.59. The fourth-order valence-corrected chi connectivity index (χ4v) is 0.646. The number of rotatable bonds is 6. The molecule has 0 aromatic carbocycles. The highest BCUT2D eigenvalue weighted by molar-refractivity contribution is 5.82. The first-order valence-corrected chi connectivity index (χ1v) is 4.17. The van der Waals surface area contributed by atoms with E-state index in [9.17, 15) is 9.59 Å². The van der Waals surface area contributed by atoms with E-state index in [-0.39, 0.29) is 6.61 Å². The lowest BCUT2D eigenvalue weighted by atomic mass is 10.3. The molecule has 1 atom stereocenters. The van der Waals surface area contributed by atoms with Crippen molar-refractivity contribution >= 4 is 11.9 Å². The molecule has 0 fully saturated rings. The van der Waals surface area contributed by atoms with Gasteiger partial charge in [0.2, 0.25) is 5.79 Å². The summed E-state index contributed by atoms with van der Waals surface area (Å²) >= 11 is 0. The third kappa shape index (κ3) is 4.97. The van der Waals surface area contributed by atoms with Crippen LogP contribution in [0.15, 0.2) is 25.3 Å². The smallest absolute Gasteiger partial charge is 0.332 e. The summed E-state index contributed by atoms with van der Waals surface area (Å²) in [5, 5.41) is 0. The maximum absolute atomic E-state index is 10.9. The summed E-state index contributed by atoms with van der Waals surface area (Å²) in [6, 6.07) is 0. The molecule has 0 aromatic heterocycles. The van der Waals surface area contributed by atoms with Crippen LogP contribution < -0.4 is 0 Å². The minimum atomic E-state index is -1.32. The Morgan fingerprint density at radius 2 is 1.80 bits per heavy atom. The van der Waals surface area contributed by atoms with Gasteiger partial charge in [0.1, 0.15) is 0 Å². The Bertz CT molecular complexity index is 271. The molecule has 0 saturated heterocycles. The van der Waals surface area contributed by atoms with Crippen LogP contribution in [0.25, 0.3) is 0 Å². The van der Waals surface area contributed by atoms with Gasteiger partial charge in [-0.3, -0.25) is 0 Å². The van der Waals surface area contributed by atoms with Crippen molar-refractivity contribution in [1.29, 1.82) is 0 Å². The maximum atomic E-state index is 10.9. The summed E-state index contributed by atoms with van der Waals surface area (Å²) in [6.07, 6.45) is 2.00. The molecular formula is C10H14O5. The van der Waals surface area contributed by atoms with Crippen LogP contribution in [0, 0.1) is 0 Å². The van der Waals surface area contributed by atoms with Crippen LogP contribution in [-0.4, -0.2) is 31.4 Å². The van der Waals surface area contributed by atoms with Crippen LogP contribution in [0.5, 0.6) is 0 Å². The van der Waals surface area contributed by atoms with E-state index in [1.54, 1.807) is 0 Å². The molecule has 0 spiro atoms. The van der Waals surface area contributed by atoms with E-state index in [0.29, 0.717) is 0 Å². The van der Waals surface area contributed by atoms with Crippen molar-refractivity contribution in [3.63, 3.8) is 0 Å². The van der Waals surface area contributed by atoms with Crippen molar-refractivity contribution in [3.05, 3.63) is 25.3 Å². The normalized spacial score (nSPS) is 13.5. The molecule has 5 heteroatoms. The first kappa shape index (κ1) is 13.4. The van der Waals surface area contributed by atoms with Gasteiger partial charge in [0.15, 0.2) is 6.61 Å². The maximum Gasteiger partial charge on any atom is 0.332 e. The van der Waals surface area contributed by atoms with Crippen LogP contribution >= 0.6 is 0 Å². The molecule has 0 bridgehead atoms. The summed E-state index contributed by atoms with van der Waals surface area (Å²) in [5.41, 5.74) is 0. The minimum absolute atomic E-state index is 0.214. The largest absolute Gasteiger partial charge is 0.456 e. The molecular weight excluding hydrogens is 200 g/mol. The monoisotopic (exact) mass is 214 g/mol. The van der Waals surface area contributed by atoms with Gasteiger partial charge in [-0.2, -0.15) is 0 Å². The SMILES string of the molecule is C=CC(=O)OCC(C)(OC)OC(=O)C=C. The van der Waals surface area contributed by atoms with Gasteiger partial charge in [-0.1, -0.05) is 13.2 Å². The van der Waals surface area contributed by atoms with Gasteiger partial charge in [-0.05, 0) is 0 Å². The van der Waals surface area contributed by atoms with Gasteiger partial charge in [0.25, 0.3) is 0 Å². The zero-order valence-electron chi connectivity index (χ0n) is 8.82. The molecule has 0 aliphatic heterocycles. The highest BCUT2D eigenvalue weighted by Gasteiger charge is 2.29. The third-order valence-electron chi connectivity index (χ3n) is 1.56. The minimum Gasteiger partial charge on any atom is -0.456 e. The van der Waals surface area contributed by atoms with Gasteiger partial charge in [0.05, 0.1) is 0 Å². The van der Waals surface area contributed by atoms with Crippen LogP contribution in [0.4, 0.5) is 0 Å². The molecule has 0 aliphatic rings. The lowest BCUT2D eigenvalue weighted by Gasteiger charge is -2.26. The highest BCUT2D eigenvalue weighted by Crippen LogP contribution is 2.12. The van der Waals surface area contributed by atoms with Crippen molar-refractivity contribution < 1.29 is 23.8 Å². The van der Waals surface area contributed by atoms with Crippen LogP contribution in [-0.2, 0) is 23.8 Å². The van der Waals surface area contributed by atoms with Crippen molar-refractivity contribution in [2.75, 3.05) is 13.7 Å². The zero-order chi connectivity index (χ0) is 11.9. The number of esters is 2. The topological polar surface area (TPSA) is 61.8 Å². The van der Waals surface area contributed by atoms with Gasteiger partial charge >= 0.3 is 11.9 Å². The van der Waals surface area contributed by atoms with Gasteiger partial charge in [0, 0.05) is 26.2 Å². The lowest BCUT2D eigenvalue weighted by molar-refractivity contribution is -0.227. The van der Waals surface area contributed by atoms with E-state index >= 15 is 0 Å². The van der Waals surface area contributed by atoms with Gasteiger partial charge in [-0.15, -0.1) is 0 Å². The highest BCUT2D eigenvalue weighted by atomic mass is 16.7. The second kappa shape index (κ2) is 5.98. The van der Waals surface area contributed by atoms with Crippen LogP contribution in [0.1, 0.15) is 6.92 Å². The van der Waals surface area contributed by atoms with Crippen molar-refractivity contribution in [2.45, 2.75) is 12.7 Å². The summed E-state index contributed by atoms with van der Waals surface area (Å²) in [4.78, 5) is 21.7. The Kier molecular flexibility index (Phi) is 5.33. The standard InChI is InChI=1S/C10H14O5/c1-5-8(11)14-7-10(3,13-4)15-9(12)6-2/h5-6H,1-2,7H2,3-4H3. The molecule has 0 amide bonds. The van der Waals surface area contributed by atoms with E-state index < -0.39 is 17.7 Å². The molecule has 84 valence electrons. The zero-order valence-corrected chi connectivity index (χ0v) is 8.82. The van der Waals surface area contributed by atoms with Gasteiger partial charge < -0.3 is 14.2 Å². The number of methoxy groups -OCH3 is 1. The van der Waals surface area contributed by atoms with Crippen molar-refractivity contribution in [2.24, 2.45) is 0 Å². The Balaban J connectivity index is 4.29. The van der Waals surface area contributed by atoms with Crippen molar-refractivity contribution in [1.82, 2.24) is 0 Å². The average Bonchev–Trinajstić information content (AvgIpc) is 2.25. The van der Waals surface area contributed by atoms with Crippen LogP contribution in [0.2, 0.25) is 0 Å². The number of carbonyl (C=O) groups is 2. The van der Waals surface area contributed by atoms with Crippen LogP contribution in [0.3, 0.4) is 0 Å². The molecule has 0 heterocycles. The van der Waals surface area contributed by atoms with E-state index in [2.05, 4.69) is 13.2 Å². The molecule has 15 heavy (non-hydrogen) atoms. The molecule has 0 radical (unpaired) electrons. The van der Waals surface area contributed by atoms with Gasteiger partial charge in [-0.25, -0.2) is 9.59 Å². The number of ether oxygens (including phenoxy) is 3. The van der Waals surface area contributed by atoms with E-state index in [4.69, 9.17) is 14.2 Å². The fourth-order valence-electron chi connectivity index (χ4n) is 0.646. The molecule has 5 nitrogen and oxygen atoms in total. The average molecular weight is 214 g/mol. The lowest BCUT2D eigenvalue weighted by Crippen LogP contribution is -2.39. The number of hydrogen-bond acceptors (Lipinski definition) is 5. The molecule has 1 unspecified atom stereocenters. The summed E-state index contributed by atoms with van der Waals surface area (Å²) in [6.45, 7) is 7.71. The molecule has 0 N–H and O–H groups in total. The molecule has 0 saturated carbocycles.